The third-order valence-corrected chi connectivity index (χ3v) is 5.26. The summed E-state index contributed by atoms with van der Waals surface area (Å²) in [5, 5.41) is 0. The van der Waals surface area contributed by atoms with E-state index in [2.05, 4.69) is 12.1 Å². The van der Waals surface area contributed by atoms with Crippen molar-refractivity contribution in [1.29, 1.82) is 0 Å². The highest BCUT2D eigenvalue weighted by atomic mass is 16.5. The van der Waals surface area contributed by atoms with Gasteiger partial charge in [-0.05, 0) is 58.9 Å². The molecule has 0 amide bonds. The number of fused-ring (bicyclic) bond motifs is 3. The molecule has 1 aliphatic rings. The van der Waals surface area contributed by atoms with Gasteiger partial charge in [0.05, 0.1) is 7.11 Å². The highest BCUT2D eigenvalue weighted by molar-refractivity contribution is 5.99. The lowest BCUT2D eigenvalue weighted by Gasteiger charge is -2.07. The topological polar surface area (TPSA) is 52.6 Å². The van der Waals surface area contributed by atoms with E-state index in [1.165, 1.54) is 16.7 Å². The number of methoxy groups -OCH3 is 1. The molecule has 0 aromatic heterocycles. The van der Waals surface area contributed by atoms with Crippen LogP contribution in [-0.2, 0) is 22.4 Å². The van der Waals surface area contributed by atoms with Crippen LogP contribution in [0.5, 0.6) is 5.75 Å². The highest BCUT2D eigenvalue weighted by Crippen LogP contribution is 2.36. The zero-order valence-electron chi connectivity index (χ0n) is 16.3. The Morgan fingerprint density at radius 1 is 0.897 bits per heavy atom. The third-order valence-electron chi connectivity index (χ3n) is 5.26. The van der Waals surface area contributed by atoms with Gasteiger partial charge in [0.25, 0.3) is 0 Å². The summed E-state index contributed by atoms with van der Waals surface area (Å²) in [6.07, 6.45) is 1.68. The lowest BCUT2D eigenvalue weighted by molar-refractivity contribution is -0.142. The molecule has 0 radical (unpaired) electrons. The number of aryl methyl sites for hydroxylation is 1. The molecule has 0 unspecified atom stereocenters. The fourth-order valence-corrected chi connectivity index (χ4v) is 3.64. The summed E-state index contributed by atoms with van der Waals surface area (Å²) < 4.78 is 10.3. The van der Waals surface area contributed by atoms with Gasteiger partial charge in [0.1, 0.15) is 5.75 Å². The van der Waals surface area contributed by atoms with Crippen LogP contribution < -0.4 is 4.74 Å². The molecule has 0 bridgehead atoms. The molecule has 0 heterocycles. The maximum absolute atomic E-state index is 12.5. The molecule has 29 heavy (non-hydrogen) atoms. The van der Waals surface area contributed by atoms with Crippen LogP contribution in [0, 0.1) is 0 Å². The fraction of sp³-hybridized carbons (Fsp3) is 0.200. The average molecular weight is 386 g/mol. The lowest BCUT2D eigenvalue weighted by Crippen LogP contribution is -2.14. The van der Waals surface area contributed by atoms with Gasteiger partial charge in [0.2, 0.25) is 0 Å². The van der Waals surface area contributed by atoms with Crippen molar-refractivity contribution in [2.24, 2.45) is 0 Å². The Morgan fingerprint density at radius 2 is 1.66 bits per heavy atom. The minimum absolute atomic E-state index is 0.185. The van der Waals surface area contributed by atoms with Gasteiger partial charge in [-0.2, -0.15) is 0 Å². The predicted molar refractivity (Wildman–Crippen MR) is 111 cm³/mol. The molecule has 0 spiro atoms. The van der Waals surface area contributed by atoms with E-state index in [1.54, 1.807) is 7.11 Å². The van der Waals surface area contributed by atoms with Gasteiger partial charge in [0, 0.05) is 12.0 Å². The largest absolute Gasteiger partial charge is 0.497 e. The Bertz CT molecular complexity index is 1050. The summed E-state index contributed by atoms with van der Waals surface area (Å²) in [5.74, 6) is 0.217. The molecule has 146 valence electrons. The SMILES string of the molecule is COc1ccc(CCC(=O)OCC(=O)c2ccc3c(c2)-c2ccccc2C3)cc1. The van der Waals surface area contributed by atoms with Crippen molar-refractivity contribution in [2.45, 2.75) is 19.3 Å². The van der Waals surface area contributed by atoms with E-state index in [9.17, 15) is 9.59 Å². The van der Waals surface area contributed by atoms with Crippen molar-refractivity contribution < 1.29 is 19.1 Å². The van der Waals surface area contributed by atoms with Crippen LogP contribution in [0.15, 0.2) is 66.7 Å². The molecule has 0 atom stereocenters. The molecule has 3 aromatic carbocycles. The van der Waals surface area contributed by atoms with Crippen LogP contribution in [0.3, 0.4) is 0 Å². The van der Waals surface area contributed by atoms with Gasteiger partial charge in [-0.3, -0.25) is 9.59 Å². The second kappa shape index (κ2) is 8.31. The summed E-state index contributed by atoms with van der Waals surface area (Å²) in [6, 6.07) is 21.5. The maximum atomic E-state index is 12.5. The number of carbonyl (C=O) groups excluding carboxylic acids is 2. The smallest absolute Gasteiger partial charge is 0.306 e. The van der Waals surface area contributed by atoms with E-state index in [0.717, 1.165) is 23.3 Å². The van der Waals surface area contributed by atoms with E-state index < -0.39 is 0 Å². The summed E-state index contributed by atoms with van der Waals surface area (Å²) >= 11 is 0. The van der Waals surface area contributed by atoms with E-state index in [-0.39, 0.29) is 24.8 Å². The highest BCUT2D eigenvalue weighted by Gasteiger charge is 2.20. The zero-order chi connectivity index (χ0) is 20.2. The van der Waals surface area contributed by atoms with Crippen molar-refractivity contribution in [1.82, 2.24) is 0 Å². The molecule has 1 aliphatic carbocycles. The number of hydrogen-bond donors (Lipinski definition) is 0. The van der Waals surface area contributed by atoms with Crippen molar-refractivity contribution in [3.63, 3.8) is 0 Å². The minimum atomic E-state index is -0.374. The Labute approximate surface area is 170 Å². The minimum Gasteiger partial charge on any atom is -0.497 e. The van der Waals surface area contributed by atoms with E-state index >= 15 is 0 Å². The fourth-order valence-electron chi connectivity index (χ4n) is 3.64. The first-order valence-corrected chi connectivity index (χ1v) is 9.67. The first kappa shape index (κ1) is 18.9. The number of ether oxygens (including phenoxy) is 2. The second-order valence-corrected chi connectivity index (χ2v) is 7.14. The van der Waals surface area contributed by atoms with E-state index in [0.29, 0.717) is 12.0 Å². The number of Topliss-reactive ketones (excluding diaryl/α,β-unsaturated/α-hetero) is 1. The van der Waals surface area contributed by atoms with Crippen molar-refractivity contribution in [3.05, 3.63) is 89.0 Å². The van der Waals surface area contributed by atoms with E-state index in [1.807, 2.05) is 54.6 Å². The monoisotopic (exact) mass is 386 g/mol. The molecular formula is C25H22O4. The van der Waals surface area contributed by atoms with Gasteiger partial charge < -0.3 is 9.47 Å². The van der Waals surface area contributed by atoms with E-state index in [4.69, 9.17) is 9.47 Å². The van der Waals surface area contributed by atoms with Crippen LogP contribution in [0.2, 0.25) is 0 Å². The molecule has 4 nitrogen and oxygen atoms in total. The Hall–Kier alpha value is -3.40. The average Bonchev–Trinajstić information content (AvgIpc) is 3.14. The van der Waals surface area contributed by atoms with Crippen molar-refractivity contribution >= 4 is 11.8 Å². The van der Waals surface area contributed by atoms with Gasteiger partial charge in [-0.1, -0.05) is 48.5 Å². The van der Waals surface area contributed by atoms with Crippen LogP contribution in [-0.4, -0.2) is 25.5 Å². The molecule has 4 rings (SSSR count). The Balaban J connectivity index is 1.32. The molecule has 4 heteroatoms. The molecular weight excluding hydrogens is 364 g/mol. The molecule has 3 aromatic rings. The number of benzene rings is 3. The van der Waals surface area contributed by atoms with Gasteiger partial charge >= 0.3 is 5.97 Å². The molecule has 0 N–H and O–H groups in total. The molecule has 0 saturated heterocycles. The van der Waals surface area contributed by atoms with Gasteiger partial charge in [-0.15, -0.1) is 0 Å². The quantitative estimate of drug-likeness (QED) is 0.343. The van der Waals surface area contributed by atoms with Crippen molar-refractivity contribution in [2.75, 3.05) is 13.7 Å². The zero-order valence-corrected chi connectivity index (χ0v) is 16.3. The summed E-state index contributed by atoms with van der Waals surface area (Å²) in [6.45, 7) is -0.234. The van der Waals surface area contributed by atoms with Crippen LogP contribution in [0.4, 0.5) is 0 Å². The van der Waals surface area contributed by atoms with Gasteiger partial charge in [0.15, 0.2) is 12.4 Å². The lowest BCUT2D eigenvalue weighted by atomic mass is 10.0. The van der Waals surface area contributed by atoms with Gasteiger partial charge in [-0.25, -0.2) is 0 Å². The predicted octanol–water partition coefficient (Wildman–Crippen LogP) is 4.63. The summed E-state index contributed by atoms with van der Waals surface area (Å²) in [5.41, 5.74) is 6.36. The molecule has 0 saturated carbocycles. The first-order chi connectivity index (χ1) is 14.1. The number of esters is 1. The Morgan fingerprint density at radius 3 is 2.45 bits per heavy atom. The van der Waals surface area contributed by atoms with Crippen LogP contribution >= 0.6 is 0 Å². The normalized spacial score (nSPS) is 11.5. The molecule has 0 fully saturated rings. The Kier molecular flexibility index (Phi) is 5.43. The number of rotatable bonds is 7. The number of carbonyl (C=O) groups is 2. The van der Waals surface area contributed by atoms with Crippen LogP contribution in [0.25, 0.3) is 11.1 Å². The standard InChI is InChI=1S/C25H22O4/c1-28-21-11-6-17(7-12-21)8-13-25(27)29-16-24(26)20-10-9-19-14-18-4-2-3-5-22(18)23(19)15-20/h2-7,9-12,15H,8,13-14,16H2,1H3. The van der Waals surface area contributed by atoms with Crippen LogP contribution in [0.1, 0.15) is 33.5 Å². The summed E-state index contributed by atoms with van der Waals surface area (Å²) in [7, 11) is 1.61. The number of ketones is 1. The number of hydrogen-bond acceptors (Lipinski definition) is 4. The molecule has 0 aliphatic heterocycles. The summed E-state index contributed by atoms with van der Waals surface area (Å²) in [4.78, 5) is 24.5. The first-order valence-electron chi connectivity index (χ1n) is 9.67. The van der Waals surface area contributed by atoms with Crippen molar-refractivity contribution in [3.8, 4) is 16.9 Å². The second-order valence-electron chi connectivity index (χ2n) is 7.14. The third kappa shape index (κ3) is 4.21. The maximum Gasteiger partial charge on any atom is 0.306 e.